The summed E-state index contributed by atoms with van der Waals surface area (Å²) >= 11 is 0. The number of nitrogens with zero attached hydrogens (tertiary/aromatic N) is 4. The van der Waals surface area contributed by atoms with E-state index < -0.39 is 23.0 Å². The van der Waals surface area contributed by atoms with Crippen LogP contribution in [0.4, 0.5) is 24.5 Å². The van der Waals surface area contributed by atoms with Crippen molar-refractivity contribution >= 4 is 22.9 Å². The van der Waals surface area contributed by atoms with Crippen LogP contribution in [-0.2, 0) is 22.2 Å². The molecular formula is C28H27F3N4O5. The van der Waals surface area contributed by atoms with Crippen molar-refractivity contribution in [2.75, 3.05) is 50.2 Å². The van der Waals surface area contributed by atoms with Crippen LogP contribution in [0.3, 0.4) is 0 Å². The van der Waals surface area contributed by atoms with Crippen LogP contribution >= 0.6 is 0 Å². The van der Waals surface area contributed by atoms with Crippen LogP contribution in [-0.4, -0.2) is 61.7 Å². The Labute approximate surface area is 227 Å². The molecule has 0 bridgehead atoms. The minimum Gasteiger partial charge on any atom is -0.497 e. The molecule has 0 unspecified atom stereocenters. The van der Waals surface area contributed by atoms with Crippen molar-refractivity contribution in [3.8, 4) is 28.4 Å². The lowest BCUT2D eigenvalue weighted by Crippen LogP contribution is -2.34. The Morgan fingerprint density at radius 1 is 1.00 bits per heavy atom. The lowest BCUT2D eigenvalue weighted by Gasteiger charge is -2.23. The Bertz CT molecular complexity index is 1540. The maximum Gasteiger partial charge on any atom is 0.418 e. The molecule has 0 spiro atoms. The number of hydrogen-bond acceptors (Lipinski definition) is 8. The highest BCUT2D eigenvalue weighted by Gasteiger charge is 2.37. The average molecular weight is 557 g/mol. The van der Waals surface area contributed by atoms with Gasteiger partial charge in [0.2, 0.25) is 0 Å². The third kappa shape index (κ3) is 5.01. The van der Waals surface area contributed by atoms with Crippen molar-refractivity contribution in [2.24, 2.45) is 0 Å². The third-order valence-corrected chi connectivity index (χ3v) is 7.06. The van der Waals surface area contributed by atoms with Crippen LogP contribution in [0, 0.1) is 0 Å². The van der Waals surface area contributed by atoms with Gasteiger partial charge < -0.3 is 19.3 Å². The van der Waals surface area contributed by atoms with Gasteiger partial charge in [0.15, 0.2) is 5.78 Å². The average Bonchev–Trinajstić information content (AvgIpc) is 3.54. The number of methoxy groups -OCH3 is 2. The highest BCUT2D eigenvalue weighted by atomic mass is 19.4. The second-order valence-corrected chi connectivity index (χ2v) is 9.78. The number of carbonyl (C=O) groups is 2. The van der Waals surface area contributed by atoms with E-state index >= 15 is 0 Å². The molecule has 2 aromatic carbocycles. The molecule has 2 aliphatic rings. The number of halogens is 3. The van der Waals surface area contributed by atoms with Gasteiger partial charge in [-0.25, -0.2) is 0 Å². The number of aromatic nitrogens is 2. The first-order chi connectivity index (χ1) is 19.0. The SMILES string of the molecule is COc1cc(OC)cc(-c2nn(-c3cc(N4CCC(=O)C4)ccc3C(F)(F)F)c(=O)c3c2CCN3CC(C)=O)c1. The zero-order chi connectivity index (χ0) is 28.8. The maximum absolute atomic E-state index is 14.3. The first-order valence-electron chi connectivity index (χ1n) is 12.6. The standard InChI is InChI=1S/C28H27F3N4O5/c1-16(36)14-34-9-7-22-25(17-10-20(39-2)13-21(11-17)40-3)32-35(27(38)26(22)34)24-12-18(33-8-6-19(37)15-33)4-5-23(24)28(29,30)31/h4-5,10-13H,6-9,14-15H2,1-3H3. The molecular weight excluding hydrogens is 529 g/mol. The zero-order valence-corrected chi connectivity index (χ0v) is 22.2. The van der Waals surface area contributed by atoms with Gasteiger partial charge in [-0.05, 0) is 43.7 Å². The molecule has 2 aliphatic heterocycles. The third-order valence-electron chi connectivity index (χ3n) is 7.06. The molecule has 9 nitrogen and oxygen atoms in total. The first kappa shape index (κ1) is 27.2. The van der Waals surface area contributed by atoms with E-state index in [4.69, 9.17) is 9.47 Å². The first-order valence-corrected chi connectivity index (χ1v) is 12.6. The Morgan fingerprint density at radius 3 is 2.27 bits per heavy atom. The summed E-state index contributed by atoms with van der Waals surface area (Å²) in [5, 5.41) is 4.50. The number of fused-ring (bicyclic) bond motifs is 1. The van der Waals surface area contributed by atoms with Crippen molar-refractivity contribution in [1.29, 1.82) is 0 Å². The molecule has 1 saturated heterocycles. The van der Waals surface area contributed by atoms with E-state index in [1.165, 1.54) is 33.3 Å². The largest absolute Gasteiger partial charge is 0.497 e. The monoisotopic (exact) mass is 556 g/mol. The quantitative estimate of drug-likeness (QED) is 0.435. The summed E-state index contributed by atoms with van der Waals surface area (Å²) in [5.41, 5.74) is -0.539. The van der Waals surface area contributed by atoms with E-state index in [1.807, 2.05) is 0 Å². The van der Waals surface area contributed by atoms with Gasteiger partial charge in [-0.1, -0.05) is 0 Å². The molecule has 0 saturated carbocycles. The summed E-state index contributed by atoms with van der Waals surface area (Å²) in [6.45, 7) is 2.06. The highest BCUT2D eigenvalue weighted by molar-refractivity contribution is 5.87. The number of hydrogen-bond donors (Lipinski definition) is 0. The number of Topliss-reactive ketones (excluding diaryl/α,β-unsaturated/α-hetero) is 2. The topological polar surface area (TPSA) is 94.0 Å². The van der Waals surface area contributed by atoms with Gasteiger partial charge in [0.1, 0.15) is 23.0 Å². The molecule has 3 heterocycles. The van der Waals surface area contributed by atoms with Gasteiger partial charge in [0.25, 0.3) is 5.56 Å². The number of ketones is 2. The fourth-order valence-corrected chi connectivity index (χ4v) is 5.22. The van der Waals surface area contributed by atoms with Crippen molar-refractivity contribution < 1.29 is 32.2 Å². The van der Waals surface area contributed by atoms with E-state index in [0.717, 1.165) is 10.7 Å². The Hall–Kier alpha value is -4.35. The van der Waals surface area contributed by atoms with Crippen molar-refractivity contribution in [1.82, 2.24) is 9.78 Å². The molecule has 1 fully saturated rings. The van der Waals surface area contributed by atoms with E-state index in [0.29, 0.717) is 47.8 Å². The van der Waals surface area contributed by atoms with E-state index in [9.17, 15) is 27.6 Å². The molecule has 0 atom stereocenters. The molecule has 210 valence electrons. The predicted octanol–water partition coefficient (Wildman–Crippen LogP) is 3.67. The summed E-state index contributed by atoms with van der Waals surface area (Å²) in [7, 11) is 2.94. The van der Waals surface area contributed by atoms with Gasteiger partial charge in [-0.3, -0.25) is 14.4 Å². The zero-order valence-electron chi connectivity index (χ0n) is 22.2. The number of benzene rings is 2. The highest BCUT2D eigenvalue weighted by Crippen LogP contribution is 2.39. The van der Waals surface area contributed by atoms with Crippen LogP contribution in [0.15, 0.2) is 41.2 Å². The Morgan fingerprint density at radius 2 is 1.70 bits per heavy atom. The van der Waals surface area contributed by atoms with Crippen LogP contribution in [0.25, 0.3) is 16.9 Å². The number of carbonyl (C=O) groups excluding carboxylic acids is 2. The Kier molecular flexibility index (Phi) is 7.03. The van der Waals surface area contributed by atoms with Gasteiger partial charge in [0, 0.05) is 42.4 Å². The number of alkyl halides is 3. The maximum atomic E-state index is 14.3. The molecule has 3 aromatic rings. The van der Waals surface area contributed by atoms with E-state index in [-0.39, 0.29) is 42.5 Å². The van der Waals surface area contributed by atoms with Crippen LogP contribution in [0.1, 0.15) is 24.5 Å². The summed E-state index contributed by atoms with van der Waals surface area (Å²) in [4.78, 5) is 41.1. The lowest BCUT2D eigenvalue weighted by atomic mass is 10.0. The molecule has 0 radical (unpaired) electrons. The molecule has 12 heteroatoms. The number of rotatable bonds is 7. The van der Waals surface area contributed by atoms with Crippen LogP contribution in [0.2, 0.25) is 0 Å². The fraction of sp³-hybridized carbons (Fsp3) is 0.357. The number of anilines is 2. The predicted molar refractivity (Wildman–Crippen MR) is 142 cm³/mol. The summed E-state index contributed by atoms with van der Waals surface area (Å²) in [6.07, 6.45) is -4.15. The normalized spacial score (nSPS) is 15.0. The van der Waals surface area contributed by atoms with Gasteiger partial charge in [-0.15, -0.1) is 0 Å². The lowest BCUT2D eigenvalue weighted by molar-refractivity contribution is -0.137. The summed E-state index contributed by atoms with van der Waals surface area (Å²) in [5.74, 6) is 0.635. The second-order valence-electron chi connectivity index (χ2n) is 9.78. The van der Waals surface area contributed by atoms with Gasteiger partial charge in [-0.2, -0.15) is 23.0 Å². The van der Waals surface area contributed by atoms with Crippen LogP contribution in [0.5, 0.6) is 11.5 Å². The minimum absolute atomic E-state index is 0.0246. The van der Waals surface area contributed by atoms with Crippen LogP contribution < -0.4 is 24.8 Å². The summed E-state index contributed by atoms with van der Waals surface area (Å²) in [6, 6.07) is 8.39. The Balaban J connectivity index is 1.80. The minimum atomic E-state index is -4.80. The fourth-order valence-electron chi connectivity index (χ4n) is 5.22. The van der Waals surface area contributed by atoms with Crippen molar-refractivity contribution in [2.45, 2.75) is 25.9 Å². The molecule has 5 rings (SSSR count). The molecule has 1 aromatic heterocycles. The van der Waals surface area contributed by atoms with Crippen molar-refractivity contribution in [3.63, 3.8) is 0 Å². The molecule has 40 heavy (non-hydrogen) atoms. The van der Waals surface area contributed by atoms with Gasteiger partial charge in [0.05, 0.1) is 44.3 Å². The molecule has 0 aliphatic carbocycles. The summed E-state index contributed by atoms with van der Waals surface area (Å²) < 4.78 is 54.4. The molecule has 0 amide bonds. The second kappa shape index (κ2) is 10.3. The number of ether oxygens (including phenoxy) is 2. The molecule has 0 N–H and O–H groups in total. The van der Waals surface area contributed by atoms with Gasteiger partial charge >= 0.3 is 6.18 Å². The van der Waals surface area contributed by atoms with Crippen molar-refractivity contribution in [3.05, 3.63) is 57.9 Å². The van der Waals surface area contributed by atoms with E-state index in [2.05, 4.69) is 5.10 Å². The smallest absolute Gasteiger partial charge is 0.418 e. The van der Waals surface area contributed by atoms with E-state index in [1.54, 1.807) is 28.0 Å².